The average Bonchev–Trinajstić information content (AvgIpc) is 3.27. The minimum atomic E-state index is -0.722. The van der Waals surface area contributed by atoms with Gasteiger partial charge in [-0.25, -0.2) is 0 Å². The molecule has 24 heavy (non-hydrogen) atoms. The molecule has 0 aromatic heterocycles. The van der Waals surface area contributed by atoms with E-state index in [1.807, 2.05) is 0 Å². The predicted octanol–water partition coefficient (Wildman–Crippen LogP) is 2.24. The third kappa shape index (κ3) is 3.25. The van der Waals surface area contributed by atoms with E-state index in [1.165, 1.54) is 12.1 Å². The van der Waals surface area contributed by atoms with Crippen LogP contribution in [0.3, 0.4) is 0 Å². The first-order chi connectivity index (χ1) is 11.4. The van der Waals surface area contributed by atoms with Crippen molar-refractivity contribution in [3.63, 3.8) is 0 Å². The number of nitro groups is 1. The minimum Gasteiger partial charge on any atom is -0.481 e. The Morgan fingerprint density at radius 3 is 2.62 bits per heavy atom. The van der Waals surface area contributed by atoms with Gasteiger partial charge in [0.2, 0.25) is 5.91 Å². The van der Waals surface area contributed by atoms with Crippen LogP contribution in [-0.4, -0.2) is 39.9 Å². The van der Waals surface area contributed by atoms with Crippen molar-refractivity contribution >= 4 is 17.6 Å². The van der Waals surface area contributed by atoms with Crippen LogP contribution in [0.15, 0.2) is 24.3 Å². The molecule has 7 nitrogen and oxygen atoms in total. The van der Waals surface area contributed by atoms with Gasteiger partial charge in [-0.2, -0.15) is 0 Å². The van der Waals surface area contributed by atoms with Crippen LogP contribution in [0.25, 0.3) is 0 Å². The Bertz CT molecular complexity index is 679. The number of non-ortho nitro benzene ring substituents is 1. The van der Waals surface area contributed by atoms with Crippen LogP contribution in [0.5, 0.6) is 0 Å². The highest BCUT2D eigenvalue weighted by Crippen LogP contribution is 2.59. The zero-order valence-electron chi connectivity index (χ0n) is 13.3. The van der Waals surface area contributed by atoms with Crippen LogP contribution >= 0.6 is 0 Å². The van der Waals surface area contributed by atoms with Gasteiger partial charge in [-0.15, -0.1) is 0 Å². The maximum Gasteiger partial charge on any atom is 0.307 e. The van der Waals surface area contributed by atoms with E-state index in [-0.39, 0.29) is 22.9 Å². The Hall–Kier alpha value is -2.44. The van der Waals surface area contributed by atoms with Crippen molar-refractivity contribution in [2.24, 2.45) is 11.3 Å². The van der Waals surface area contributed by atoms with Gasteiger partial charge in [0.05, 0.1) is 10.8 Å². The van der Waals surface area contributed by atoms with E-state index < -0.39 is 10.9 Å². The second-order valence-corrected chi connectivity index (χ2v) is 6.77. The molecule has 2 fully saturated rings. The monoisotopic (exact) mass is 332 g/mol. The van der Waals surface area contributed by atoms with Crippen molar-refractivity contribution in [1.29, 1.82) is 0 Å². The summed E-state index contributed by atoms with van der Waals surface area (Å²) in [6, 6.07) is 6.35. The van der Waals surface area contributed by atoms with Gasteiger partial charge in [-0.3, -0.25) is 19.7 Å². The number of amides is 1. The molecule has 128 valence electrons. The standard InChI is InChI=1S/C17H20N2O5/c20-15(5-4-12-2-1-3-13(10-12)19(23)24)18-8-6-17(7-9-18)11-14(17)16(21)22/h1-3,10,14H,4-9,11H2,(H,21,22). The van der Waals surface area contributed by atoms with Crippen molar-refractivity contribution in [2.75, 3.05) is 13.1 Å². The van der Waals surface area contributed by atoms with Gasteiger partial charge in [-0.05, 0) is 36.7 Å². The summed E-state index contributed by atoms with van der Waals surface area (Å²) in [6.07, 6.45) is 3.04. The lowest BCUT2D eigenvalue weighted by Gasteiger charge is -2.32. The first kappa shape index (κ1) is 16.4. The molecule has 1 aromatic carbocycles. The van der Waals surface area contributed by atoms with Gasteiger partial charge < -0.3 is 10.0 Å². The number of hydrogen-bond acceptors (Lipinski definition) is 4. The fourth-order valence-corrected chi connectivity index (χ4v) is 3.69. The maximum atomic E-state index is 12.3. The minimum absolute atomic E-state index is 0.0314. The first-order valence-electron chi connectivity index (χ1n) is 8.15. The summed E-state index contributed by atoms with van der Waals surface area (Å²) >= 11 is 0. The molecule has 0 radical (unpaired) electrons. The van der Waals surface area contributed by atoms with Crippen LogP contribution in [-0.2, 0) is 16.0 Å². The lowest BCUT2D eigenvalue weighted by molar-refractivity contribution is -0.384. The topological polar surface area (TPSA) is 101 Å². The van der Waals surface area contributed by atoms with E-state index in [4.69, 9.17) is 5.11 Å². The lowest BCUT2D eigenvalue weighted by Crippen LogP contribution is -2.40. The highest BCUT2D eigenvalue weighted by molar-refractivity contribution is 5.77. The molecule has 3 rings (SSSR count). The largest absolute Gasteiger partial charge is 0.481 e. The Balaban J connectivity index is 1.49. The third-order valence-electron chi connectivity index (χ3n) is 5.35. The molecule has 7 heteroatoms. The number of nitrogens with zero attached hydrogens (tertiary/aromatic N) is 2. The molecule has 1 saturated carbocycles. The fourth-order valence-electron chi connectivity index (χ4n) is 3.69. The summed E-state index contributed by atoms with van der Waals surface area (Å²) < 4.78 is 0. The van der Waals surface area contributed by atoms with Crippen molar-refractivity contribution in [3.05, 3.63) is 39.9 Å². The third-order valence-corrected chi connectivity index (χ3v) is 5.35. The normalized spacial score (nSPS) is 21.5. The van der Waals surface area contributed by atoms with Gasteiger partial charge in [0.1, 0.15) is 0 Å². The Morgan fingerprint density at radius 1 is 1.33 bits per heavy atom. The second-order valence-electron chi connectivity index (χ2n) is 6.77. The number of nitro benzene ring substituents is 1. The van der Waals surface area contributed by atoms with Crippen LogP contribution in [0.1, 0.15) is 31.2 Å². The summed E-state index contributed by atoms with van der Waals surface area (Å²) in [6.45, 7) is 1.22. The summed E-state index contributed by atoms with van der Waals surface area (Å²) in [5.41, 5.74) is 0.732. The highest BCUT2D eigenvalue weighted by Gasteiger charge is 2.59. The van der Waals surface area contributed by atoms with Gasteiger partial charge in [0.25, 0.3) is 5.69 Å². The summed E-state index contributed by atoms with van der Waals surface area (Å²) in [5, 5.41) is 19.9. The molecule has 1 unspecified atom stereocenters. The highest BCUT2D eigenvalue weighted by atomic mass is 16.6. The summed E-state index contributed by atoms with van der Waals surface area (Å²) in [5.74, 6) is -0.927. The van der Waals surface area contributed by atoms with E-state index >= 15 is 0 Å². The molecule has 1 aromatic rings. The van der Waals surface area contributed by atoms with Crippen LogP contribution < -0.4 is 0 Å². The molecule has 1 amide bonds. The Kier molecular flexibility index (Phi) is 4.26. The number of rotatable bonds is 5. The molecule has 1 saturated heterocycles. The fraction of sp³-hybridized carbons (Fsp3) is 0.529. The SMILES string of the molecule is O=C(O)C1CC12CCN(C(=O)CCc1cccc([N+](=O)[O-])c1)CC2. The van der Waals surface area contributed by atoms with Gasteiger partial charge in [0.15, 0.2) is 0 Å². The Labute approximate surface area is 139 Å². The van der Waals surface area contributed by atoms with Crippen LogP contribution in [0, 0.1) is 21.4 Å². The molecule has 1 N–H and O–H groups in total. The molecule has 1 aliphatic heterocycles. The molecule has 2 aliphatic rings. The number of aliphatic carboxylic acids is 1. The van der Waals surface area contributed by atoms with E-state index in [9.17, 15) is 19.7 Å². The zero-order chi connectivity index (χ0) is 17.3. The smallest absolute Gasteiger partial charge is 0.307 e. The number of carboxylic acids is 1. The Morgan fingerprint density at radius 2 is 2.04 bits per heavy atom. The number of carbonyl (C=O) groups excluding carboxylic acids is 1. The van der Waals surface area contributed by atoms with Crippen molar-refractivity contribution < 1.29 is 19.6 Å². The summed E-state index contributed by atoms with van der Waals surface area (Å²) in [4.78, 5) is 35.5. The van der Waals surface area contributed by atoms with Crippen molar-refractivity contribution in [3.8, 4) is 0 Å². The predicted molar refractivity (Wildman–Crippen MR) is 85.4 cm³/mol. The van der Waals surface area contributed by atoms with Gasteiger partial charge in [0, 0.05) is 31.6 Å². The second kappa shape index (κ2) is 6.22. The van der Waals surface area contributed by atoms with E-state index in [1.54, 1.807) is 17.0 Å². The molecular weight excluding hydrogens is 312 g/mol. The molecule has 1 aliphatic carbocycles. The number of carbonyl (C=O) groups is 2. The average molecular weight is 332 g/mol. The number of piperidine rings is 1. The van der Waals surface area contributed by atoms with Crippen molar-refractivity contribution in [2.45, 2.75) is 32.1 Å². The maximum absolute atomic E-state index is 12.3. The van der Waals surface area contributed by atoms with Gasteiger partial charge >= 0.3 is 5.97 Å². The van der Waals surface area contributed by atoms with E-state index in [2.05, 4.69) is 0 Å². The van der Waals surface area contributed by atoms with E-state index in [0.717, 1.165) is 24.8 Å². The number of carboxylic acid groups (broad SMARTS) is 1. The summed E-state index contributed by atoms with van der Waals surface area (Å²) in [7, 11) is 0. The van der Waals surface area contributed by atoms with Gasteiger partial charge in [-0.1, -0.05) is 12.1 Å². The molecule has 1 heterocycles. The number of hydrogen-bond donors (Lipinski definition) is 1. The van der Waals surface area contributed by atoms with Crippen molar-refractivity contribution in [1.82, 2.24) is 4.90 Å². The van der Waals surface area contributed by atoms with Crippen LogP contribution in [0.2, 0.25) is 0 Å². The number of benzene rings is 1. The number of aryl methyl sites for hydroxylation is 1. The molecule has 0 bridgehead atoms. The number of likely N-dealkylation sites (tertiary alicyclic amines) is 1. The first-order valence-corrected chi connectivity index (χ1v) is 8.15. The quantitative estimate of drug-likeness (QED) is 0.658. The lowest BCUT2D eigenvalue weighted by atomic mass is 9.90. The van der Waals surface area contributed by atoms with E-state index in [0.29, 0.717) is 25.9 Å². The molecular formula is C17H20N2O5. The molecule has 1 atom stereocenters. The zero-order valence-corrected chi connectivity index (χ0v) is 13.3. The van der Waals surface area contributed by atoms with Crippen LogP contribution in [0.4, 0.5) is 5.69 Å². The molecule has 1 spiro atoms.